The third-order valence-electron chi connectivity index (χ3n) is 6.63. The number of carbonyl (C=O) groups is 1. The summed E-state index contributed by atoms with van der Waals surface area (Å²) in [5.74, 6) is -0.573. The Morgan fingerprint density at radius 1 is 1.20 bits per heavy atom. The van der Waals surface area contributed by atoms with Crippen molar-refractivity contribution in [3.05, 3.63) is 0 Å². The Morgan fingerprint density at radius 2 is 1.93 bits per heavy atom. The predicted molar refractivity (Wildman–Crippen MR) is 107 cm³/mol. The first-order valence-electron chi connectivity index (χ1n) is 11.1. The summed E-state index contributed by atoms with van der Waals surface area (Å²) in [5, 5.41) is 12.6. The third-order valence-corrected chi connectivity index (χ3v) is 6.63. The van der Waals surface area contributed by atoms with Crippen molar-refractivity contribution in [3.8, 4) is 6.07 Å². The molecule has 168 valence electrons. The second kappa shape index (κ2) is 9.07. The number of piperidine rings is 1. The molecule has 4 aliphatic rings. The van der Waals surface area contributed by atoms with Gasteiger partial charge in [0.15, 0.2) is 12.1 Å². The Morgan fingerprint density at radius 3 is 2.63 bits per heavy atom. The predicted octanol–water partition coefficient (Wildman–Crippen LogP) is 0.446. The first kappa shape index (κ1) is 21.9. The minimum atomic E-state index is -0.614. The van der Waals surface area contributed by atoms with E-state index < -0.39 is 12.1 Å². The quantitative estimate of drug-likeness (QED) is 0.659. The molecule has 4 fully saturated rings. The van der Waals surface area contributed by atoms with Crippen LogP contribution in [0.3, 0.4) is 0 Å². The highest BCUT2D eigenvalue weighted by Gasteiger charge is 2.55. The molecule has 0 aromatic carbocycles. The molecule has 1 N–H and O–H groups in total. The second-order valence-corrected chi connectivity index (χ2v) is 9.17. The summed E-state index contributed by atoms with van der Waals surface area (Å²) in [6.07, 6.45) is 2.89. The molecule has 0 bridgehead atoms. The zero-order valence-electron chi connectivity index (χ0n) is 18.2. The Labute approximate surface area is 178 Å². The zero-order chi connectivity index (χ0) is 21.3. The van der Waals surface area contributed by atoms with Crippen LogP contribution < -0.4 is 5.32 Å². The van der Waals surface area contributed by atoms with Crippen LogP contribution in [0.4, 0.5) is 0 Å². The van der Waals surface area contributed by atoms with Crippen LogP contribution in [0.5, 0.6) is 0 Å². The fourth-order valence-electron chi connectivity index (χ4n) is 5.09. The summed E-state index contributed by atoms with van der Waals surface area (Å²) in [4.78, 5) is 16.5. The molecule has 4 saturated heterocycles. The summed E-state index contributed by atoms with van der Waals surface area (Å²) < 4.78 is 23.6. The van der Waals surface area contributed by atoms with E-state index in [1.165, 1.54) is 0 Å². The average molecular weight is 423 g/mol. The lowest BCUT2D eigenvalue weighted by Crippen LogP contribution is -2.49. The molecule has 1 amide bonds. The van der Waals surface area contributed by atoms with E-state index >= 15 is 0 Å². The number of hydrogen-bond donors (Lipinski definition) is 1. The van der Waals surface area contributed by atoms with E-state index in [-0.39, 0.29) is 30.3 Å². The molecular formula is C21H34N4O5. The Bertz CT molecular complexity index is 660. The first-order valence-corrected chi connectivity index (χ1v) is 11.1. The number of ether oxygens (including phenoxy) is 4. The number of nitrogens with zero attached hydrogens (tertiary/aromatic N) is 3. The Kier molecular flexibility index (Phi) is 6.63. The zero-order valence-corrected chi connectivity index (χ0v) is 18.2. The molecule has 4 rings (SSSR count). The highest BCUT2D eigenvalue weighted by atomic mass is 16.8. The number of carbonyl (C=O) groups excluding carboxylic acids is 1. The van der Waals surface area contributed by atoms with Crippen LogP contribution in [-0.4, -0.2) is 98.0 Å². The fraction of sp³-hybridized carbons (Fsp3) is 0.905. The van der Waals surface area contributed by atoms with Crippen LogP contribution >= 0.6 is 0 Å². The van der Waals surface area contributed by atoms with Gasteiger partial charge in [-0.3, -0.25) is 4.79 Å². The molecule has 9 nitrogen and oxygen atoms in total. The van der Waals surface area contributed by atoms with E-state index in [1.807, 2.05) is 13.8 Å². The lowest BCUT2D eigenvalue weighted by molar-refractivity contribution is -0.228. The van der Waals surface area contributed by atoms with Crippen molar-refractivity contribution in [2.45, 2.75) is 82.0 Å². The smallest absolute Gasteiger partial charge is 0.237 e. The average Bonchev–Trinajstić information content (AvgIpc) is 3.41. The van der Waals surface area contributed by atoms with Crippen molar-refractivity contribution in [1.29, 1.82) is 5.26 Å². The van der Waals surface area contributed by atoms with Gasteiger partial charge in [0.1, 0.15) is 24.4 Å². The molecule has 0 unspecified atom stereocenters. The normalized spacial score (nSPS) is 36.7. The SMILES string of the molecule is CO[C@@H]1O[C@H](CN2CCC(NCC(=O)N3CCC[C@H]3C#N)CC2)[C@H]2OC(C)(C)O[C@@H]12. The van der Waals surface area contributed by atoms with Crippen LogP contribution in [0.1, 0.15) is 39.5 Å². The molecule has 4 aliphatic heterocycles. The van der Waals surface area contributed by atoms with Crippen LogP contribution in [0, 0.1) is 11.3 Å². The first-order chi connectivity index (χ1) is 14.4. The maximum atomic E-state index is 12.4. The van der Waals surface area contributed by atoms with Gasteiger partial charge in [0.25, 0.3) is 0 Å². The van der Waals surface area contributed by atoms with Gasteiger partial charge in [0.05, 0.1) is 12.6 Å². The Hall–Kier alpha value is -1.28. The van der Waals surface area contributed by atoms with Crippen molar-refractivity contribution in [3.63, 3.8) is 0 Å². The standard InChI is InChI=1S/C21H34N4O5/c1-21(2)29-18-16(28-20(27-3)19(18)30-21)13-24-9-6-14(7-10-24)23-12-17(26)25-8-4-5-15(25)11-22/h14-16,18-20,23H,4-10,12-13H2,1-3H3/t15-,16+,18+,19+,20+/m0/s1. The van der Waals surface area contributed by atoms with Gasteiger partial charge in [-0.2, -0.15) is 5.26 Å². The van der Waals surface area contributed by atoms with Gasteiger partial charge < -0.3 is 34.1 Å². The monoisotopic (exact) mass is 422 g/mol. The van der Waals surface area contributed by atoms with Gasteiger partial charge in [-0.15, -0.1) is 0 Å². The number of hydrogen-bond acceptors (Lipinski definition) is 8. The molecule has 0 radical (unpaired) electrons. The minimum absolute atomic E-state index is 0.0403. The summed E-state index contributed by atoms with van der Waals surface area (Å²) in [5.41, 5.74) is 0. The number of rotatable bonds is 6. The molecule has 30 heavy (non-hydrogen) atoms. The molecule has 9 heteroatoms. The molecule has 0 aromatic heterocycles. The lowest BCUT2D eigenvalue weighted by atomic mass is 10.0. The lowest BCUT2D eigenvalue weighted by Gasteiger charge is -2.35. The number of amides is 1. The van der Waals surface area contributed by atoms with Crippen molar-refractivity contribution in [1.82, 2.24) is 15.1 Å². The van der Waals surface area contributed by atoms with Gasteiger partial charge in [-0.1, -0.05) is 0 Å². The second-order valence-electron chi connectivity index (χ2n) is 9.17. The largest absolute Gasteiger partial charge is 0.353 e. The summed E-state index contributed by atoms with van der Waals surface area (Å²) in [7, 11) is 1.64. The summed E-state index contributed by atoms with van der Waals surface area (Å²) in [6, 6.07) is 2.30. The van der Waals surface area contributed by atoms with Crippen molar-refractivity contribution >= 4 is 5.91 Å². The van der Waals surface area contributed by atoms with Crippen LogP contribution in [0.25, 0.3) is 0 Å². The fourth-order valence-corrected chi connectivity index (χ4v) is 5.09. The van der Waals surface area contributed by atoms with Crippen LogP contribution in [0.15, 0.2) is 0 Å². The van der Waals surface area contributed by atoms with Crippen molar-refractivity contribution in [2.75, 3.05) is 39.8 Å². The number of methoxy groups -OCH3 is 1. The minimum Gasteiger partial charge on any atom is -0.353 e. The molecular weight excluding hydrogens is 388 g/mol. The number of fused-ring (bicyclic) bond motifs is 1. The molecule has 0 aromatic rings. The number of nitrogens with one attached hydrogen (secondary N) is 1. The molecule has 0 saturated carbocycles. The van der Waals surface area contributed by atoms with Crippen LogP contribution in [0.2, 0.25) is 0 Å². The Balaban J connectivity index is 1.21. The third kappa shape index (κ3) is 4.64. The highest BCUT2D eigenvalue weighted by Crippen LogP contribution is 2.39. The van der Waals surface area contributed by atoms with Gasteiger partial charge in [-0.05, 0) is 52.6 Å². The molecule has 0 spiro atoms. The van der Waals surface area contributed by atoms with E-state index in [1.54, 1.807) is 12.0 Å². The topological polar surface area (TPSA) is 96.3 Å². The van der Waals surface area contributed by atoms with E-state index in [2.05, 4.69) is 16.3 Å². The van der Waals surface area contributed by atoms with Crippen molar-refractivity contribution in [2.24, 2.45) is 0 Å². The van der Waals surface area contributed by atoms with E-state index in [0.717, 1.165) is 45.3 Å². The highest BCUT2D eigenvalue weighted by molar-refractivity contribution is 5.79. The van der Waals surface area contributed by atoms with E-state index in [9.17, 15) is 4.79 Å². The van der Waals surface area contributed by atoms with Crippen molar-refractivity contribution < 1.29 is 23.7 Å². The molecule has 5 atom stereocenters. The van der Waals surface area contributed by atoms with E-state index in [0.29, 0.717) is 19.1 Å². The van der Waals surface area contributed by atoms with Gasteiger partial charge in [0.2, 0.25) is 5.91 Å². The molecule has 4 heterocycles. The molecule has 0 aliphatic carbocycles. The van der Waals surface area contributed by atoms with Gasteiger partial charge in [0, 0.05) is 26.2 Å². The maximum absolute atomic E-state index is 12.4. The number of nitriles is 1. The van der Waals surface area contributed by atoms with Crippen LogP contribution in [-0.2, 0) is 23.7 Å². The summed E-state index contributed by atoms with van der Waals surface area (Å²) in [6.45, 7) is 7.53. The maximum Gasteiger partial charge on any atom is 0.237 e. The summed E-state index contributed by atoms with van der Waals surface area (Å²) >= 11 is 0. The van der Waals surface area contributed by atoms with Gasteiger partial charge in [-0.25, -0.2) is 0 Å². The number of likely N-dealkylation sites (tertiary alicyclic amines) is 2. The van der Waals surface area contributed by atoms with Gasteiger partial charge >= 0.3 is 0 Å². The van der Waals surface area contributed by atoms with E-state index in [4.69, 9.17) is 24.2 Å².